The molecule has 3 aromatic carbocycles. The summed E-state index contributed by atoms with van der Waals surface area (Å²) in [5.41, 5.74) is 7.44. The lowest BCUT2D eigenvalue weighted by Crippen LogP contribution is -2.56. The van der Waals surface area contributed by atoms with Crippen LogP contribution >= 0.6 is 12.4 Å². The van der Waals surface area contributed by atoms with Crippen molar-refractivity contribution in [1.82, 2.24) is 14.9 Å². The first-order chi connectivity index (χ1) is 19.2. The van der Waals surface area contributed by atoms with Crippen molar-refractivity contribution in [1.29, 1.82) is 5.41 Å². The molecule has 2 fully saturated rings. The third kappa shape index (κ3) is 6.78. The van der Waals surface area contributed by atoms with Gasteiger partial charge in [-0.1, -0.05) is 84.9 Å². The number of nitrogens with two attached hydrogens (primary N) is 1. The van der Waals surface area contributed by atoms with Crippen molar-refractivity contribution in [3.63, 3.8) is 0 Å². The van der Waals surface area contributed by atoms with E-state index in [1.807, 2.05) is 36.4 Å². The maximum absolute atomic E-state index is 14.0. The number of carbonyl (C=O) groups excluding carboxylic acids is 2. The van der Waals surface area contributed by atoms with E-state index in [0.717, 1.165) is 11.1 Å². The molecule has 5 rings (SSSR count). The van der Waals surface area contributed by atoms with Crippen LogP contribution in [0.5, 0.6) is 0 Å². The standard InChI is InChI=1S/C30H33N5O4S.ClH/c31-27(32)24-13-11-22(12-14-24)19-33-29(37)30-18-25(30)15-16-35(30)28(36)26(17-21-7-3-1-4-8-21)34-40(38,39)20-23-9-5-2-6-10-23;/h1-14,25-26,34H,15-20H2,(H3,31,32)(H,33,37);1H/t25-,26-,30+;/m1./s1. The van der Waals surface area contributed by atoms with Crippen LogP contribution in [0, 0.1) is 11.3 Å². The van der Waals surface area contributed by atoms with Crippen LogP contribution < -0.4 is 15.8 Å². The van der Waals surface area contributed by atoms with Crippen LogP contribution in [-0.4, -0.2) is 49.1 Å². The molecule has 0 unspecified atom stereocenters. The van der Waals surface area contributed by atoms with E-state index in [4.69, 9.17) is 11.1 Å². The Labute approximate surface area is 246 Å². The number of nitrogen functional groups attached to an aromatic ring is 1. The number of rotatable bonds is 11. The van der Waals surface area contributed by atoms with E-state index in [0.29, 0.717) is 30.5 Å². The Morgan fingerprint density at radius 2 is 1.56 bits per heavy atom. The number of halogens is 1. The van der Waals surface area contributed by atoms with Gasteiger partial charge in [-0.2, -0.15) is 0 Å². The zero-order valence-corrected chi connectivity index (χ0v) is 24.1. The fourth-order valence-corrected chi connectivity index (χ4v) is 6.92. The lowest BCUT2D eigenvalue weighted by Gasteiger charge is -2.31. The van der Waals surface area contributed by atoms with Crippen molar-refractivity contribution >= 4 is 40.1 Å². The van der Waals surface area contributed by atoms with Crippen LogP contribution in [0.25, 0.3) is 0 Å². The van der Waals surface area contributed by atoms with Crippen molar-refractivity contribution in [3.05, 3.63) is 107 Å². The summed E-state index contributed by atoms with van der Waals surface area (Å²) in [4.78, 5) is 29.1. The first-order valence-electron chi connectivity index (χ1n) is 13.3. The number of hydrogen-bond donors (Lipinski definition) is 4. The summed E-state index contributed by atoms with van der Waals surface area (Å²) in [6, 6.07) is 24.1. The molecule has 1 saturated heterocycles. The molecule has 0 bridgehead atoms. The number of hydrogen-bond acceptors (Lipinski definition) is 5. The van der Waals surface area contributed by atoms with Gasteiger partial charge in [-0.15, -0.1) is 12.4 Å². The smallest absolute Gasteiger partial charge is 0.246 e. The molecule has 5 N–H and O–H groups in total. The molecule has 0 radical (unpaired) electrons. The Balaban J connectivity index is 0.00000387. The van der Waals surface area contributed by atoms with Crippen LogP contribution in [0.4, 0.5) is 0 Å². The molecule has 3 aromatic rings. The largest absolute Gasteiger partial charge is 0.384 e. The van der Waals surface area contributed by atoms with E-state index in [2.05, 4.69) is 10.0 Å². The predicted molar refractivity (Wildman–Crippen MR) is 160 cm³/mol. The Bertz CT molecular complexity index is 1500. The van der Waals surface area contributed by atoms with Gasteiger partial charge < -0.3 is 16.0 Å². The molecule has 0 spiro atoms. The number of fused-ring (bicyclic) bond motifs is 1. The van der Waals surface area contributed by atoms with Gasteiger partial charge in [0.1, 0.15) is 17.4 Å². The molecule has 1 aliphatic carbocycles. The summed E-state index contributed by atoms with van der Waals surface area (Å²) in [7, 11) is -3.85. The molecule has 2 amide bonds. The van der Waals surface area contributed by atoms with Gasteiger partial charge in [-0.25, -0.2) is 13.1 Å². The van der Waals surface area contributed by atoms with Crippen molar-refractivity contribution in [2.45, 2.75) is 43.1 Å². The Morgan fingerprint density at radius 3 is 2.15 bits per heavy atom. The highest BCUT2D eigenvalue weighted by atomic mass is 35.5. The molecule has 1 saturated carbocycles. The highest BCUT2D eigenvalue weighted by Gasteiger charge is 2.68. The number of nitrogens with one attached hydrogen (secondary N) is 3. The van der Waals surface area contributed by atoms with E-state index < -0.39 is 21.6 Å². The summed E-state index contributed by atoms with van der Waals surface area (Å²) in [5.74, 6) is -0.843. The Kier molecular flexibility index (Phi) is 9.16. The molecular formula is C30H34ClN5O4S. The number of amides is 2. The van der Waals surface area contributed by atoms with Gasteiger partial charge in [0.2, 0.25) is 21.8 Å². The summed E-state index contributed by atoms with van der Waals surface area (Å²) in [5, 5.41) is 10.5. The third-order valence-corrected chi connectivity index (χ3v) is 9.09. The van der Waals surface area contributed by atoms with Crippen LogP contribution in [0.15, 0.2) is 84.9 Å². The molecule has 2 aliphatic rings. The molecule has 216 valence electrons. The van der Waals surface area contributed by atoms with Gasteiger partial charge in [0, 0.05) is 18.7 Å². The Hall–Kier alpha value is -3.73. The molecule has 3 atom stereocenters. The second-order valence-corrected chi connectivity index (χ2v) is 12.3. The maximum atomic E-state index is 14.0. The summed E-state index contributed by atoms with van der Waals surface area (Å²) >= 11 is 0. The Morgan fingerprint density at radius 1 is 0.951 bits per heavy atom. The molecule has 1 aliphatic heterocycles. The van der Waals surface area contributed by atoms with E-state index >= 15 is 0 Å². The molecule has 1 heterocycles. The van der Waals surface area contributed by atoms with E-state index in [1.165, 1.54) is 0 Å². The van der Waals surface area contributed by atoms with E-state index in [9.17, 15) is 18.0 Å². The van der Waals surface area contributed by atoms with E-state index in [-0.39, 0.29) is 54.7 Å². The van der Waals surface area contributed by atoms with Crippen LogP contribution in [0.1, 0.15) is 35.1 Å². The topological polar surface area (TPSA) is 145 Å². The van der Waals surface area contributed by atoms with Gasteiger partial charge in [-0.3, -0.25) is 15.0 Å². The second-order valence-electron chi connectivity index (χ2n) is 10.5. The number of likely N-dealkylation sites (tertiary alicyclic amines) is 1. The normalized spacial score (nSPS) is 19.9. The van der Waals surface area contributed by atoms with Crippen LogP contribution in [-0.2, 0) is 38.3 Å². The minimum Gasteiger partial charge on any atom is -0.384 e. The molecule has 41 heavy (non-hydrogen) atoms. The number of piperidine rings is 1. The highest BCUT2D eigenvalue weighted by molar-refractivity contribution is 7.88. The average molecular weight is 596 g/mol. The SMILES string of the molecule is Cl.N=C(N)c1ccc(CNC(=O)[C@]23C[C@H]2CCN3C(=O)[C@@H](Cc2ccccc2)NS(=O)(=O)Cc2ccccc2)cc1. The van der Waals surface area contributed by atoms with Gasteiger partial charge in [0.25, 0.3) is 0 Å². The number of sulfonamides is 1. The summed E-state index contributed by atoms with van der Waals surface area (Å²) < 4.78 is 29.0. The minimum atomic E-state index is -3.85. The van der Waals surface area contributed by atoms with Gasteiger partial charge in [0.05, 0.1) is 5.75 Å². The maximum Gasteiger partial charge on any atom is 0.246 e. The third-order valence-electron chi connectivity index (χ3n) is 7.73. The van der Waals surface area contributed by atoms with Gasteiger partial charge in [0.15, 0.2) is 0 Å². The fourth-order valence-electron chi connectivity index (χ4n) is 5.59. The molecule has 11 heteroatoms. The quantitative estimate of drug-likeness (QED) is 0.199. The van der Waals surface area contributed by atoms with Crippen molar-refractivity contribution in [2.75, 3.05) is 6.54 Å². The lowest BCUT2D eigenvalue weighted by molar-refractivity contribution is -0.142. The fraction of sp³-hybridized carbons (Fsp3) is 0.300. The number of nitrogens with zero attached hydrogens (tertiary/aromatic N) is 1. The van der Waals surface area contributed by atoms with Gasteiger partial charge in [-0.05, 0) is 41.9 Å². The second kappa shape index (κ2) is 12.4. The average Bonchev–Trinajstić information content (AvgIpc) is 3.56. The highest BCUT2D eigenvalue weighted by Crippen LogP contribution is 2.56. The van der Waals surface area contributed by atoms with Crippen molar-refractivity contribution < 1.29 is 18.0 Å². The van der Waals surface area contributed by atoms with Gasteiger partial charge >= 0.3 is 0 Å². The van der Waals surface area contributed by atoms with Crippen LogP contribution in [0.2, 0.25) is 0 Å². The lowest BCUT2D eigenvalue weighted by atomic mass is 10.0. The zero-order valence-electron chi connectivity index (χ0n) is 22.5. The molecule has 0 aromatic heterocycles. The number of benzene rings is 3. The first-order valence-corrected chi connectivity index (χ1v) is 14.9. The first kappa shape index (κ1) is 30.2. The van der Waals surface area contributed by atoms with Crippen LogP contribution in [0.3, 0.4) is 0 Å². The number of amidine groups is 1. The predicted octanol–water partition coefficient (Wildman–Crippen LogP) is 2.73. The van der Waals surface area contributed by atoms with E-state index in [1.54, 1.807) is 53.4 Å². The zero-order chi connectivity index (χ0) is 28.3. The summed E-state index contributed by atoms with van der Waals surface area (Å²) in [6.07, 6.45) is 1.43. The monoisotopic (exact) mass is 595 g/mol. The summed E-state index contributed by atoms with van der Waals surface area (Å²) in [6.45, 7) is 0.667. The molecular weight excluding hydrogens is 562 g/mol. The minimum absolute atomic E-state index is 0. The molecule has 9 nitrogen and oxygen atoms in total. The van der Waals surface area contributed by atoms with Crippen molar-refractivity contribution in [3.8, 4) is 0 Å². The van der Waals surface area contributed by atoms with Crippen molar-refractivity contribution in [2.24, 2.45) is 11.7 Å². The number of carbonyl (C=O) groups is 2.